The average molecular weight is 639 g/mol. The van der Waals surface area contributed by atoms with Gasteiger partial charge >= 0.3 is 11.9 Å². The SMILES string of the molecule is CCCCCCCC(=O)OCCOCCOCCOCCOCCOCCOCCOCCOCCOC(=O)CCCCC. The van der Waals surface area contributed by atoms with E-state index in [4.69, 9.17) is 47.4 Å². The minimum Gasteiger partial charge on any atom is -0.463 e. The van der Waals surface area contributed by atoms with E-state index in [2.05, 4.69) is 13.8 Å². The van der Waals surface area contributed by atoms with Crippen LogP contribution in [0.15, 0.2) is 0 Å². The summed E-state index contributed by atoms with van der Waals surface area (Å²) in [6, 6.07) is 0. The van der Waals surface area contributed by atoms with Gasteiger partial charge < -0.3 is 47.4 Å². The molecule has 12 heteroatoms. The van der Waals surface area contributed by atoms with Gasteiger partial charge in [-0.3, -0.25) is 9.59 Å². The van der Waals surface area contributed by atoms with E-state index in [1.54, 1.807) is 0 Å². The Kier molecular flexibility index (Phi) is 36.6. The zero-order valence-electron chi connectivity index (χ0n) is 27.7. The third-order valence-corrected chi connectivity index (χ3v) is 6.05. The highest BCUT2D eigenvalue weighted by molar-refractivity contribution is 5.69. The summed E-state index contributed by atoms with van der Waals surface area (Å²) < 4.78 is 53.7. The first-order chi connectivity index (χ1) is 21.7. The maximum absolute atomic E-state index is 11.6. The molecule has 0 unspecified atom stereocenters. The van der Waals surface area contributed by atoms with Crippen LogP contribution in [-0.2, 0) is 57.0 Å². The molecule has 0 saturated heterocycles. The Morgan fingerprint density at radius 1 is 0.318 bits per heavy atom. The van der Waals surface area contributed by atoms with Crippen LogP contribution in [0.25, 0.3) is 0 Å². The predicted octanol–water partition coefficient (Wildman–Crippen LogP) is 4.15. The van der Waals surface area contributed by atoms with E-state index < -0.39 is 0 Å². The topological polar surface area (TPSA) is 126 Å². The highest BCUT2D eigenvalue weighted by Gasteiger charge is 2.03. The van der Waals surface area contributed by atoms with Crippen molar-refractivity contribution < 1.29 is 57.0 Å². The Morgan fingerprint density at radius 3 is 0.841 bits per heavy atom. The molecule has 0 fully saturated rings. The second-order valence-corrected chi connectivity index (χ2v) is 9.96. The molecular weight excluding hydrogens is 576 g/mol. The van der Waals surface area contributed by atoms with E-state index in [-0.39, 0.29) is 25.2 Å². The number of carbonyl (C=O) groups is 2. The fourth-order valence-corrected chi connectivity index (χ4v) is 3.61. The summed E-state index contributed by atoms with van der Waals surface area (Å²) in [5.74, 6) is -0.310. The van der Waals surface area contributed by atoms with Gasteiger partial charge in [0, 0.05) is 12.8 Å². The largest absolute Gasteiger partial charge is 0.463 e. The van der Waals surface area contributed by atoms with Crippen LogP contribution < -0.4 is 0 Å². The number of esters is 2. The fourth-order valence-electron chi connectivity index (χ4n) is 3.61. The first kappa shape index (κ1) is 42.6. The molecule has 0 amide bonds. The van der Waals surface area contributed by atoms with Crippen molar-refractivity contribution in [3.63, 3.8) is 0 Å². The molecule has 0 spiro atoms. The summed E-state index contributed by atoms with van der Waals surface area (Å²) >= 11 is 0. The Balaban J connectivity index is 3.12. The molecule has 0 rings (SSSR count). The monoisotopic (exact) mass is 638 g/mol. The molecule has 262 valence electrons. The molecular formula is C32H62O12. The number of unbranched alkanes of at least 4 members (excludes halogenated alkanes) is 6. The second kappa shape index (κ2) is 37.8. The van der Waals surface area contributed by atoms with Crippen molar-refractivity contribution in [3.8, 4) is 0 Å². The third kappa shape index (κ3) is 36.8. The van der Waals surface area contributed by atoms with Crippen molar-refractivity contribution in [3.05, 3.63) is 0 Å². The standard InChI is InChI=1S/C32H62O12/c1-3-5-7-8-10-12-32(34)44-30-28-42-26-24-40-22-20-38-18-16-36-14-13-35-15-17-37-19-21-39-23-25-41-27-29-43-31(33)11-9-6-4-2/h3-30H2,1-2H3. The normalized spacial score (nSPS) is 11.2. The Labute approximate surface area is 266 Å². The zero-order chi connectivity index (χ0) is 32.0. The van der Waals surface area contributed by atoms with Gasteiger partial charge in [0.25, 0.3) is 0 Å². The van der Waals surface area contributed by atoms with E-state index >= 15 is 0 Å². The molecule has 0 radical (unpaired) electrons. The maximum atomic E-state index is 11.6. The van der Waals surface area contributed by atoms with Crippen LogP contribution in [0.3, 0.4) is 0 Å². The second-order valence-electron chi connectivity index (χ2n) is 9.96. The molecule has 12 nitrogen and oxygen atoms in total. The molecule has 0 aromatic heterocycles. The summed E-state index contributed by atoms with van der Waals surface area (Å²) in [6.07, 6.45) is 9.56. The lowest BCUT2D eigenvalue weighted by Gasteiger charge is -2.09. The molecule has 0 N–H and O–H groups in total. The molecule has 0 aliphatic carbocycles. The lowest BCUT2D eigenvalue weighted by atomic mass is 10.1. The summed E-state index contributed by atoms with van der Waals surface area (Å²) in [5.41, 5.74) is 0. The minimum atomic E-state index is -0.161. The van der Waals surface area contributed by atoms with Crippen molar-refractivity contribution in [2.24, 2.45) is 0 Å². The van der Waals surface area contributed by atoms with Crippen molar-refractivity contribution in [1.29, 1.82) is 0 Å². The average Bonchev–Trinajstić information content (AvgIpc) is 3.02. The first-order valence-corrected chi connectivity index (χ1v) is 16.6. The quantitative estimate of drug-likeness (QED) is 0.0717. The first-order valence-electron chi connectivity index (χ1n) is 16.6. The van der Waals surface area contributed by atoms with Crippen molar-refractivity contribution in [2.45, 2.75) is 78.1 Å². The number of carbonyl (C=O) groups excluding carboxylic acids is 2. The molecule has 0 aromatic rings. The molecule has 0 atom stereocenters. The highest BCUT2D eigenvalue weighted by Crippen LogP contribution is 2.05. The van der Waals surface area contributed by atoms with Gasteiger partial charge in [0.05, 0.1) is 106 Å². The van der Waals surface area contributed by atoms with E-state index in [1.807, 2.05) is 0 Å². The van der Waals surface area contributed by atoms with Crippen molar-refractivity contribution in [2.75, 3.05) is 119 Å². The van der Waals surface area contributed by atoms with Gasteiger partial charge in [-0.15, -0.1) is 0 Å². The van der Waals surface area contributed by atoms with E-state index in [1.165, 1.54) is 19.3 Å². The van der Waals surface area contributed by atoms with Gasteiger partial charge in [-0.05, 0) is 12.8 Å². The number of ether oxygens (including phenoxy) is 10. The Hall–Kier alpha value is -1.38. The van der Waals surface area contributed by atoms with Crippen LogP contribution in [0.4, 0.5) is 0 Å². The van der Waals surface area contributed by atoms with Crippen LogP contribution >= 0.6 is 0 Å². The van der Waals surface area contributed by atoms with Gasteiger partial charge in [-0.1, -0.05) is 52.4 Å². The maximum Gasteiger partial charge on any atom is 0.305 e. The molecule has 0 aliphatic heterocycles. The van der Waals surface area contributed by atoms with Gasteiger partial charge in [-0.2, -0.15) is 0 Å². The van der Waals surface area contributed by atoms with Gasteiger partial charge in [0.15, 0.2) is 0 Å². The number of rotatable bonds is 37. The molecule has 0 aliphatic rings. The van der Waals surface area contributed by atoms with Gasteiger partial charge in [0.1, 0.15) is 13.2 Å². The minimum absolute atomic E-state index is 0.149. The van der Waals surface area contributed by atoms with Crippen molar-refractivity contribution in [1.82, 2.24) is 0 Å². The highest BCUT2D eigenvalue weighted by atomic mass is 16.6. The van der Waals surface area contributed by atoms with Crippen molar-refractivity contribution >= 4 is 11.9 Å². The molecule has 0 aromatic carbocycles. The molecule has 0 bridgehead atoms. The summed E-state index contributed by atoms with van der Waals surface area (Å²) in [5, 5.41) is 0. The predicted molar refractivity (Wildman–Crippen MR) is 166 cm³/mol. The number of hydrogen-bond acceptors (Lipinski definition) is 12. The smallest absolute Gasteiger partial charge is 0.305 e. The molecule has 44 heavy (non-hydrogen) atoms. The van der Waals surface area contributed by atoms with Crippen LogP contribution in [0.1, 0.15) is 78.1 Å². The van der Waals surface area contributed by atoms with Gasteiger partial charge in [-0.25, -0.2) is 0 Å². The van der Waals surface area contributed by atoms with E-state index in [0.717, 1.165) is 32.1 Å². The van der Waals surface area contributed by atoms with Crippen LogP contribution in [0, 0.1) is 0 Å². The summed E-state index contributed by atoms with van der Waals surface area (Å²) in [6.45, 7) is 12.3. The number of hydrogen-bond donors (Lipinski definition) is 0. The zero-order valence-corrected chi connectivity index (χ0v) is 27.7. The lowest BCUT2D eigenvalue weighted by molar-refractivity contribution is -0.146. The Morgan fingerprint density at radius 2 is 0.545 bits per heavy atom. The lowest BCUT2D eigenvalue weighted by Crippen LogP contribution is -2.15. The van der Waals surface area contributed by atoms with Crippen LogP contribution in [0.2, 0.25) is 0 Å². The van der Waals surface area contributed by atoms with Crippen LogP contribution in [-0.4, -0.2) is 131 Å². The van der Waals surface area contributed by atoms with Crippen LogP contribution in [0.5, 0.6) is 0 Å². The van der Waals surface area contributed by atoms with Gasteiger partial charge in [0.2, 0.25) is 0 Å². The summed E-state index contributed by atoms with van der Waals surface area (Å²) in [7, 11) is 0. The summed E-state index contributed by atoms with van der Waals surface area (Å²) in [4.78, 5) is 23.0. The van der Waals surface area contributed by atoms with E-state index in [9.17, 15) is 9.59 Å². The van der Waals surface area contributed by atoms with E-state index in [0.29, 0.717) is 119 Å². The Bertz CT molecular complexity index is 594. The molecule has 0 saturated carbocycles. The fraction of sp³-hybridized carbons (Fsp3) is 0.938. The third-order valence-electron chi connectivity index (χ3n) is 6.05. The molecule has 0 heterocycles.